The van der Waals surface area contributed by atoms with Gasteiger partial charge < -0.3 is 9.84 Å². The molecule has 3 atom stereocenters. The number of carbonyl (C=O) groups excluding carboxylic acids is 1. The highest BCUT2D eigenvalue weighted by Gasteiger charge is 2.38. The molecule has 0 aromatic heterocycles. The molecule has 3 aromatic carbocycles. The zero-order valence-corrected chi connectivity index (χ0v) is 19.6. The molecule has 0 spiro atoms. The van der Waals surface area contributed by atoms with E-state index in [9.17, 15) is 14.3 Å². The van der Waals surface area contributed by atoms with Gasteiger partial charge in [-0.25, -0.2) is 9.18 Å². The number of halogens is 1. The second-order valence-corrected chi connectivity index (χ2v) is 9.22. The van der Waals surface area contributed by atoms with Crippen LogP contribution in [0.4, 0.5) is 4.39 Å². The van der Waals surface area contributed by atoms with Gasteiger partial charge in [0.25, 0.3) is 0 Å². The molecule has 0 aliphatic heterocycles. The summed E-state index contributed by atoms with van der Waals surface area (Å²) < 4.78 is 19.8. The number of hydrogen-bond acceptors (Lipinski definition) is 4. The van der Waals surface area contributed by atoms with Crippen LogP contribution in [0.25, 0.3) is 0 Å². The van der Waals surface area contributed by atoms with Gasteiger partial charge in [0.15, 0.2) is 6.10 Å². The number of nitrogens with zero attached hydrogens (tertiary/aromatic N) is 1. The highest BCUT2D eigenvalue weighted by molar-refractivity contribution is 5.76. The standard InChI is InChI=1S/C28H32FNO3/c1-20(22-14-9-6-10-15-22)30(19-21-12-7-5-8-13-21)25(23-16-11-17-24(29)18-23)26(31)27(32)33-28(2,3)4/h5-18,20,25-26,31H,19H2,1-4H3/t20-,25-,26-/m1/s1. The lowest BCUT2D eigenvalue weighted by Crippen LogP contribution is -2.44. The van der Waals surface area contributed by atoms with Gasteiger partial charge in [-0.3, -0.25) is 4.90 Å². The minimum absolute atomic E-state index is 0.184. The fraction of sp³-hybridized carbons (Fsp3) is 0.321. The summed E-state index contributed by atoms with van der Waals surface area (Å²) in [7, 11) is 0. The Labute approximate surface area is 195 Å². The topological polar surface area (TPSA) is 49.8 Å². The predicted octanol–water partition coefficient (Wildman–Crippen LogP) is 5.83. The Morgan fingerprint density at radius 2 is 1.52 bits per heavy atom. The molecule has 0 radical (unpaired) electrons. The van der Waals surface area contributed by atoms with Crippen molar-refractivity contribution in [1.82, 2.24) is 4.90 Å². The summed E-state index contributed by atoms with van der Waals surface area (Å²) >= 11 is 0. The molecular formula is C28H32FNO3. The van der Waals surface area contributed by atoms with Crippen LogP contribution in [0.5, 0.6) is 0 Å². The van der Waals surface area contributed by atoms with Gasteiger partial charge in [-0.2, -0.15) is 0 Å². The van der Waals surface area contributed by atoms with Crippen molar-refractivity contribution in [1.29, 1.82) is 0 Å². The van der Waals surface area contributed by atoms with Crippen LogP contribution in [0.15, 0.2) is 84.9 Å². The van der Waals surface area contributed by atoms with Gasteiger partial charge in [-0.15, -0.1) is 0 Å². The number of esters is 1. The van der Waals surface area contributed by atoms with Crippen LogP contribution in [0, 0.1) is 5.82 Å². The van der Waals surface area contributed by atoms with Gasteiger partial charge in [0.1, 0.15) is 11.4 Å². The molecule has 0 aliphatic rings. The fourth-order valence-corrected chi connectivity index (χ4v) is 3.93. The summed E-state index contributed by atoms with van der Waals surface area (Å²) in [5.41, 5.74) is 1.77. The Balaban J connectivity index is 2.10. The fourth-order valence-electron chi connectivity index (χ4n) is 3.93. The minimum atomic E-state index is -1.51. The third kappa shape index (κ3) is 6.73. The van der Waals surface area contributed by atoms with Crippen molar-refractivity contribution in [2.24, 2.45) is 0 Å². The largest absolute Gasteiger partial charge is 0.458 e. The first-order valence-corrected chi connectivity index (χ1v) is 11.2. The Bertz CT molecular complexity index is 1030. The van der Waals surface area contributed by atoms with E-state index in [1.54, 1.807) is 32.9 Å². The maximum Gasteiger partial charge on any atom is 0.337 e. The Kier molecular flexibility index (Phi) is 8.01. The molecule has 3 aromatic rings. The van der Waals surface area contributed by atoms with Crippen LogP contribution in [-0.2, 0) is 16.1 Å². The third-order valence-electron chi connectivity index (χ3n) is 5.48. The molecule has 0 unspecified atom stereocenters. The maximum absolute atomic E-state index is 14.3. The lowest BCUT2D eigenvalue weighted by Gasteiger charge is -2.39. The molecule has 1 N–H and O–H groups in total. The highest BCUT2D eigenvalue weighted by Crippen LogP contribution is 2.35. The van der Waals surface area contributed by atoms with Gasteiger partial charge >= 0.3 is 5.97 Å². The monoisotopic (exact) mass is 449 g/mol. The van der Waals surface area contributed by atoms with Gasteiger partial charge in [-0.1, -0.05) is 72.8 Å². The number of aliphatic hydroxyl groups excluding tert-OH is 1. The molecule has 0 bridgehead atoms. The van der Waals surface area contributed by atoms with Crippen molar-refractivity contribution in [2.75, 3.05) is 0 Å². The van der Waals surface area contributed by atoms with Crippen LogP contribution in [0.2, 0.25) is 0 Å². The molecule has 0 heterocycles. The molecule has 3 rings (SSSR count). The normalized spacial score (nSPS) is 14.5. The third-order valence-corrected chi connectivity index (χ3v) is 5.48. The van der Waals surface area contributed by atoms with Crippen molar-refractivity contribution >= 4 is 5.97 Å². The van der Waals surface area contributed by atoms with Crippen molar-refractivity contribution in [3.8, 4) is 0 Å². The first-order valence-electron chi connectivity index (χ1n) is 11.2. The summed E-state index contributed by atoms with van der Waals surface area (Å²) in [6, 6.07) is 24.7. The van der Waals surface area contributed by atoms with E-state index in [4.69, 9.17) is 4.74 Å². The summed E-state index contributed by atoms with van der Waals surface area (Å²) in [4.78, 5) is 15.0. The number of hydrogen-bond donors (Lipinski definition) is 1. The first-order chi connectivity index (χ1) is 15.7. The van der Waals surface area contributed by atoms with Crippen molar-refractivity contribution in [3.05, 3.63) is 107 Å². The van der Waals surface area contributed by atoms with Gasteiger partial charge in [0.05, 0.1) is 6.04 Å². The van der Waals surface area contributed by atoms with Gasteiger partial charge in [0.2, 0.25) is 0 Å². The second kappa shape index (κ2) is 10.7. The molecule has 5 heteroatoms. The van der Waals surface area contributed by atoms with E-state index in [-0.39, 0.29) is 6.04 Å². The van der Waals surface area contributed by atoms with E-state index in [1.165, 1.54) is 12.1 Å². The molecule has 4 nitrogen and oxygen atoms in total. The van der Waals surface area contributed by atoms with Crippen LogP contribution >= 0.6 is 0 Å². The van der Waals surface area contributed by atoms with E-state index in [1.807, 2.05) is 72.5 Å². The average Bonchev–Trinajstić information content (AvgIpc) is 2.78. The Morgan fingerprint density at radius 1 is 0.939 bits per heavy atom. The SMILES string of the molecule is C[C@H](c1ccccc1)N(Cc1ccccc1)[C@H](c1cccc(F)c1)[C@@H](O)C(=O)OC(C)(C)C. The summed E-state index contributed by atoms with van der Waals surface area (Å²) in [6.45, 7) is 7.72. The lowest BCUT2D eigenvalue weighted by atomic mass is 9.94. The van der Waals surface area contributed by atoms with E-state index in [0.29, 0.717) is 12.1 Å². The highest BCUT2D eigenvalue weighted by atomic mass is 19.1. The second-order valence-electron chi connectivity index (χ2n) is 9.22. The summed E-state index contributed by atoms with van der Waals surface area (Å²) in [6.07, 6.45) is -1.51. The Hall–Kier alpha value is -3.02. The maximum atomic E-state index is 14.3. The molecule has 33 heavy (non-hydrogen) atoms. The van der Waals surface area contributed by atoms with Crippen LogP contribution in [0.1, 0.15) is 56.5 Å². The molecule has 0 amide bonds. The molecule has 0 fully saturated rings. The van der Waals surface area contributed by atoms with Crippen LogP contribution < -0.4 is 0 Å². The van der Waals surface area contributed by atoms with Crippen molar-refractivity contribution in [2.45, 2.75) is 58.0 Å². The quantitative estimate of drug-likeness (QED) is 0.440. The average molecular weight is 450 g/mol. The molecule has 0 aliphatic carbocycles. The molecule has 0 saturated heterocycles. The molecule has 174 valence electrons. The summed E-state index contributed by atoms with van der Waals surface area (Å²) in [5.74, 6) is -1.17. The molecule has 0 saturated carbocycles. The first kappa shape index (κ1) is 24.6. The van der Waals surface area contributed by atoms with Crippen LogP contribution in [-0.4, -0.2) is 27.7 Å². The van der Waals surface area contributed by atoms with Crippen LogP contribution in [0.3, 0.4) is 0 Å². The number of rotatable bonds is 8. The van der Waals surface area contributed by atoms with E-state index < -0.39 is 29.5 Å². The zero-order valence-electron chi connectivity index (χ0n) is 19.6. The number of ether oxygens (including phenoxy) is 1. The van der Waals surface area contributed by atoms with E-state index >= 15 is 0 Å². The van der Waals surface area contributed by atoms with Crippen molar-refractivity contribution in [3.63, 3.8) is 0 Å². The number of benzene rings is 3. The van der Waals surface area contributed by atoms with Gasteiger partial charge in [0, 0.05) is 12.6 Å². The van der Waals surface area contributed by atoms with Crippen molar-refractivity contribution < 1.29 is 19.0 Å². The smallest absolute Gasteiger partial charge is 0.337 e. The number of aliphatic hydroxyl groups is 1. The lowest BCUT2D eigenvalue weighted by molar-refractivity contribution is -0.170. The van der Waals surface area contributed by atoms with E-state index in [2.05, 4.69) is 0 Å². The number of carbonyl (C=O) groups is 1. The Morgan fingerprint density at radius 3 is 2.09 bits per heavy atom. The minimum Gasteiger partial charge on any atom is -0.458 e. The molecular weight excluding hydrogens is 417 g/mol. The predicted molar refractivity (Wildman–Crippen MR) is 128 cm³/mol. The van der Waals surface area contributed by atoms with Gasteiger partial charge in [-0.05, 0) is 56.5 Å². The summed E-state index contributed by atoms with van der Waals surface area (Å²) in [5, 5.41) is 11.3. The zero-order chi connectivity index (χ0) is 24.0. The van der Waals surface area contributed by atoms with E-state index in [0.717, 1.165) is 11.1 Å².